The van der Waals surface area contributed by atoms with Crippen molar-refractivity contribution in [1.82, 2.24) is 0 Å². The molecule has 0 aromatic heterocycles. The van der Waals surface area contributed by atoms with E-state index in [9.17, 15) is 4.79 Å². The van der Waals surface area contributed by atoms with Gasteiger partial charge in [0, 0.05) is 18.8 Å². The van der Waals surface area contributed by atoms with Crippen LogP contribution in [0.5, 0.6) is 0 Å². The topological polar surface area (TPSA) is 102 Å². The first-order chi connectivity index (χ1) is 11.7. The van der Waals surface area contributed by atoms with E-state index in [1.165, 1.54) is 0 Å². The van der Waals surface area contributed by atoms with Crippen LogP contribution in [0, 0.1) is 28.6 Å². The molecule has 124 valence electrons. The lowest BCUT2D eigenvalue weighted by Gasteiger charge is -2.32. The highest BCUT2D eigenvalue weighted by molar-refractivity contribution is 6.10. The van der Waals surface area contributed by atoms with Gasteiger partial charge in [0.15, 0.2) is 0 Å². The molecule has 0 amide bonds. The second-order valence-corrected chi connectivity index (χ2v) is 5.36. The van der Waals surface area contributed by atoms with Crippen LogP contribution in [0.1, 0.15) is 19.8 Å². The number of piperidine rings is 1. The fraction of sp³-hybridized carbons (Fsp3) is 0.412. The Balaban J connectivity index is 1.91. The van der Waals surface area contributed by atoms with Crippen molar-refractivity contribution in [2.75, 3.05) is 30.0 Å². The number of esters is 1. The highest BCUT2D eigenvalue weighted by Crippen LogP contribution is 2.25. The summed E-state index contributed by atoms with van der Waals surface area (Å²) in [6.45, 7) is 3.86. The summed E-state index contributed by atoms with van der Waals surface area (Å²) < 4.78 is 5.08. The van der Waals surface area contributed by atoms with Crippen LogP contribution < -0.4 is 10.3 Å². The third kappa shape index (κ3) is 4.47. The summed E-state index contributed by atoms with van der Waals surface area (Å²) >= 11 is 0. The molecule has 0 spiro atoms. The Morgan fingerprint density at radius 2 is 1.92 bits per heavy atom. The van der Waals surface area contributed by atoms with E-state index in [1.807, 2.05) is 31.2 Å². The highest BCUT2D eigenvalue weighted by atomic mass is 16.5. The molecule has 2 rings (SSSR count). The lowest BCUT2D eigenvalue weighted by molar-refractivity contribution is -0.148. The summed E-state index contributed by atoms with van der Waals surface area (Å²) in [5.74, 6) is -0.104. The lowest BCUT2D eigenvalue weighted by Crippen LogP contribution is -2.36. The molecule has 0 atom stereocenters. The minimum absolute atomic E-state index is 0.00754. The standard InChI is InChI=1S/C17H19N5O2/c1-2-24-17(23)13-7-9-22(10-8-13)16-5-3-14(4-6-16)20-21-15(11-18)12-19/h3-6,13,20H,2,7-10H2,1H3. The zero-order chi connectivity index (χ0) is 17.4. The molecular formula is C17H19N5O2. The summed E-state index contributed by atoms with van der Waals surface area (Å²) in [5.41, 5.74) is 4.21. The number of hydrogen-bond acceptors (Lipinski definition) is 7. The molecule has 1 aromatic rings. The third-order valence-electron chi connectivity index (χ3n) is 3.86. The van der Waals surface area contributed by atoms with Crippen molar-refractivity contribution in [1.29, 1.82) is 10.5 Å². The highest BCUT2D eigenvalue weighted by Gasteiger charge is 2.25. The molecule has 1 aliphatic heterocycles. The smallest absolute Gasteiger partial charge is 0.309 e. The molecule has 24 heavy (non-hydrogen) atoms. The van der Waals surface area contributed by atoms with Crippen molar-refractivity contribution >= 4 is 23.1 Å². The number of rotatable bonds is 5. The van der Waals surface area contributed by atoms with Gasteiger partial charge in [-0.15, -0.1) is 0 Å². The Morgan fingerprint density at radius 1 is 1.29 bits per heavy atom. The second kappa shape index (κ2) is 8.54. The van der Waals surface area contributed by atoms with Crippen LogP contribution in [0.15, 0.2) is 29.4 Å². The van der Waals surface area contributed by atoms with Crippen LogP contribution >= 0.6 is 0 Å². The Hall–Kier alpha value is -3.06. The van der Waals surface area contributed by atoms with Gasteiger partial charge >= 0.3 is 5.97 Å². The van der Waals surface area contributed by atoms with Crippen LogP contribution in [0.4, 0.5) is 11.4 Å². The van der Waals surface area contributed by atoms with Gasteiger partial charge in [-0.1, -0.05) is 0 Å². The zero-order valence-corrected chi connectivity index (χ0v) is 13.5. The Labute approximate surface area is 141 Å². The Kier molecular flexibility index (Phi) is 6.16. The third-order valence-corrected chi connectivity index (χ3v) is 3.86. The SMILES string of the molecule is CCOC(=O)C1CCN(c2ccc(NN=C(C#N)C#N)cc2)CC1. The fourth-order valence-electron chi connectivity index (χ4n) is 2.58. The van der Waals surface area contributed by atoms with Crippen LogP contribution in [0.3, 0.4) is 0 Å². The summed E-state index contributed by atoms with van der Waals surface area (Å²) in [6.07, 6.45) is 1.58. The largest absolute Gasteiger partial charge is 0.466 e. The van der Waals surface area contributed by atoms with E-state index in [4.69, 9.17) is 15.3 Å². The first-order valence-corrected chi connectivity index (χ1v) is 7.83. The van der Waals surface area contributed by atoms with Crippen molar-refractivity contribution in [2.45, 2.75) is 19.8 Å². The molecular weight excluding hydrogens is 306 g/mol. The van der Waals surface area contributed by atoms with Gasteiger partial charge in [-0.25, -0.2) is 0 Å². The van der Waals surface area contributed by atoms with E-state index in [0.717, 1.165) is 31.6 Å². The molecule has 0 saturated carbocycles. The normalized spacial score (nSPS) is 14.2. The molecule has 0 radical (unpaired) electrons. The van der Waals surface area contributed by atoms with E-state index >= 15 is 0 Å². The number of hydrogen-bond donors (Lipinski definition) is 1. The van der Waals surface area contributed by atoms with Crippen molar-refractivity contribution in [2.24, 2.45) is 11.0 Å². The summed E-state index contributed by atoms with van der Waals surface area (Å²) in [5, 5.41) is 21.0. The first kappa shape index (κ1) is 17.3. The number of carbonyl (C=O) groups is 1. The number of benzene rings is 1. The van der Waals surface area contributed by atoms with Gasteiger partial charge < -0.3 is 9.64 Å². The molecule has 1 saturated heterocycles. The number of nitrogens with zero attached hydrogens (tertiary/aromatic N) is 4. The molecule has 7 heteroatoms. The maximum absolute atomic E-state index is 11.8. The molecule has 1 N–H and O–H groups in total. The van der Waals surface area contributed by atoms with E-state index in [-0.39, 0.29) is 17.6 Å². The Bertz CT molecular complexity index is 660. The van der Waals surface area contributed by atoms with Crippen LogP contribution in [0.25, 0.3) is 0 Å². The predicted octanol–water partition coefficient (Wildman–Crippen LogP) is 2.28. The van der Waals surface area contributed by atoms with Crippen molar-refractivity contribution in [3.05, 3.63) is 24.3 Å². The van der Waals surface area contributed by atoms with E-state index in [1.54, 1.807) is 12.1 Å². The average Bonchev–Trinajstić information content (AvgIpc) is 2.63. The van der Waals surface area contributed by atoms with Crippen molar-refractivity contribution < 1.29 is 9.53 Å². The number of nitrogens with one attached hydrogen (secondary N) is 1. The van der Waals surface area contributed by atoms with Crippen LogP contribution in [-0.2, 0) is 9.53 Å². The van der Waals surface area contributed by atoms with Gasteiger partial charge in [0.2, 0.25) is 5.71 Å². The van der Waals surface area contributed by atoms with Gasteiger partial charge in [0.25, 0.3) is 0 Å². The number of ether oxygens (including phenoxy) is 1. The molecule has 1 fully saturated rings. The van der Waals surface area contributed by atoms with Gasteiger partial charge in [-0.3, -0.25) is 10.2 Å². The van der Waals surface area contributed by atoms with Crippen LogP contribution in [-0.4, -0.2) is 31.4 Å². The molecule has 0 bridgehead atoms. The fourth-order valence-corrected chi connectivity index (χ4v) is 2.58. The number of nitriles is 2. The lowest BCUT2D eigenvalue weighted by atomic mass is 9.96. The molecule has 0 aliphatic carbocycles. The molecule has 0 unspecified atom stereocenters. The van der Waals surface area contributed by atoms with Crippen molar-refractivity contribution in [3.8, 4) is 12.1 Å². The number of anilines is 2. The van der Waals surface area contributed by atoms with Crippen molar-refractivity contribution in [3.63, 3.8) is 0 Å². The van der Waals surface area contributed by atoms with Gasteiger partial charge in [-0.05, 0) is 44.0 Å². The van der Waals surface area contributed by atoms with E-state index in [0.29, 0.717) is 12.3 Å². The second-order valence-electron chi connectivity index (χ2n) is 5.36. The van der Waals surface area contributed by atoms with Gasteiger partial charge in [0.1, 0.15) is 12.1 Å². The Morgan fingerprint density at radius 3 is 2.46 bits per heavy atom. The summed E-state index contributed by atoms with van der Waals surface area (Å²) in [4.78, 5) is 14.0. The number of hydrazone groups is 1. The maximum Gasteiger partial charge on any atom is 0.309 e. The average molecular weight is 325 g/mol. The predicted molar refractivity (Wildman–Crippen MR) is 90.3 cm³/mol. The van der Waals surface area contributed by atoms with Gasteiger partial charge in [0.05, 0.1) is 18.2 Å². The monoisotopic (exact) mass is 325 g/mol. The number of carbonyl (C=O) groups excluding carboxylic acids is 1. The molecule has 1 heterocycles. The van der Waals surface area contributed by atoms with Crippen LogP contribution in [0.2, 0.25) is 0 Å². The first-order valence-electron chi connectivity index (χ1n) is 7.83. The molecule has 1 aromatic carbocycles. The minimum atomic E-state index is -0.222. The summed E-state index contributed by atoms with van der Waals surface area (Å²) in [6, 6.07) is 10.9. The summed E-state index contributed by atoms with van der Waals surface area (Å²) in [7, 11) is 0. The van der Waals surface area contributed by atoms with Gasteiger partial charge in [-0.2, -0.15) is 15.6 Å². The minimum Gasteiger partial charge on any atom is -0.466 e. The van der Waals surface area contributed by atoms with E-state index < -0.39 is 0 Å². The zero-order valence-electron chi connectivity index (χ0n) is 13.5. The quantitative estimate of drug-likeness (QED) is 0.506. The maximum atomic E-state index is 11.8. The molecule has 1 aliphatic rings. The van der Waals surface area contributed by atoms with E-state index in [2.05, 4.69) is 15.4 Å². The molecule has 7 nitrogen and oxygen atoms in total.